The van der Waals surface area contributed by atoms with Gasteiger partial charge in [0.25, 0.3) is 0 Å². The Bertz CT molecular complexity index is 600. The molecule has 0 spiro atoms. The molecule has 0 amide bonds. The Balaban J connectivity index is 2.42. The molecule has 0 saturated heterocycles. The Hall–Kier alpha value is -1.88. The van der Waals surface area contributed by atoms with Crippen molar-refractivity contribution in [3.8, 4) is 0 Å². The molecule has 1 aromatic carbocycles. The second kappa shape index (κ2) is 17.8. The average Bonchev–Trinajstić information content (AvgIpc) is 2.76. The summed E-state index contributed by atoms with van der Waals surface area (Å²) in [5, 5.41) is 3.22. The van der Waals surface area contributed by atoms with Gasteiger partial charge in [-0.3, -0.25) is 9.59 Å². The van der Waals surface area contributed by atoms with E-state index in [1.165, 1.54) is 11.1 Å². The van der Waals surface area contributed by atoms with Gasteiger partial charge in [-0.15, -0.1) is 0 Å². The van der Waals surface area contributed by atoms with Gasteiger partial charge in [0, 0.05) is 0 Å². The van der Waals surface area contributed by atoms with Crippen LogP contribution < -0.4 is 5.32 Å². The second-order valence-electron chi connectivity index (χ2n) is 8.31. The lowest BCUT2D eigenvalue weighted by Gasteiger charge is -2.17. The van der Waals surface area contributed by atoms with Crippen molar-refractivity contribution in [1.82, 2.24) is 5.32 Å². The van der Waals surface area contributed by atoms with Crippen LogP contribution in [0.25, 0.3) is 0 Å². The Labute approximate surface area is 189 Å². The van der Waals surface area contributed by atoms with E-state index in [1.54, 1.807) is 0 Å². The fourth-order valence-electron chi connectivity index (χ4n) is 3.31. The van der Waals surface area contributed by atoms with E-state index in [2.05, 4.69) is 50.4 Å². The summed E-state index contributed by atoms with van der Waals surface area (Å²) in [6, 6.07) is 7.84. The number of esters is 2. The highest BCUT2D eigenvalue weighted by Crippen LogP contribution is 2.07. The molecule has 31 heavy (non-hydrogen) atoms. The van der Waals surface area contributed by atoms with Crippen LogP contribution >= 0.6 is 0 Å². The zero-order valence-electron chi connectivity index (χ0n) is 19.9. The Morgan fingerprint density at radius 3 is 2.06 bits per heavy atom. The molecular formula is C26H43NO4. The van der Waals surface area contributed by atoms with E-state index in [1.807, 2.05) is 0 Å². The number of nitrogens with one attached hydrogen (secondary N) is 1. The maximum Gasteiger partial charge on any atom is 0.323 e. The molecule has 1 rings (SSSR count). The van der Waals surface area contributed by atoms with Gasteiger partial charge in [0.1, 0.15) is 6.04 Å². The molecule has 0 aliphatic rings. The zero-order valence-corrected chi connectivity index (χ0v) is 19.9. The number of rotatable bonds is 18. The van der Waals surface area contributed by atoms with Crippen molar-refractivity contribution in [1.29, 1.82) is 0 Å². The number of ether oxygens (including phenoxy) is 2. The van der Waals surface area contributed by atoms with Crippen molar-refractivity contribution in [2.45, 2.75) is 97.4 Å². The van der Waals surface area contributed by atoms with Gasteiger partial charge in [0.15, 0.2) is 0 Å². The molecule has 5 heteroatoms. The van der Waals surface area contributed by atoms with E-state index in [4.69, 9.17) is 9.47 Å². The lowest BCUT2D eigenvalue weighted by molar-refractivity contribution is -0.153. The van der Waals surface area contributed by atoms with Crippen LogP contribution in [-0.2, 0) is 25.5 Å². The number of benzene rings is 1. The van der Waals surface area contributed by atoms with Crippen LogP contribution in [0.4, 0.5) is 0 Å². The number of carbonyl (C=O) groups excluding carboxylic acids is 2. The summed E-state index contributed by atoms with van der Waals surface area (Å²) < 4.78 is 10.8. The summed E-state index contributed by atoms with van der Waals surface area (Å²) >= 11 is 0. The van der Waals surface area contributed by atoms with Crippen molar-refractivity contribution in [3.05, 3.63) is 35.4 Å². The highest BCUT2D eigenvalue weighted by Gasteiger charge is 2.23. The van der Waals surface area contributed by atoms with Crippen LogP contribution in [-0.4, -0.2) is 37.7 Å². The van der Waals surface area contributed by atoms with Crippen LogP contribution in [0.1, 0.15) is 89.2 Å². The van der Waals surface area contributed by atoms with Gasteiger partial charge in [-0.05, 0) is 44.7 Å². The molecule has 1 N–H and O–H groups in total. The molecule has 0 aliphatic heterocycles. The van der Waals surface area contributed by atoms with Crippen LogP contribution in [0.2, 0.25) is 0 Å². The number of aryl methyl sites for hydroxylation is 2. The Morgan fingerprint density at radius 1 is 0.839 bits per heavy atom. The first-order chi connectivity index (χ1) is 15.1. The van der Waals surface area contributed by atoms with Gasteiger partial charge >= 0.3 is 11.9 Å². The molecule has 0 heterocycles. The number of hydrogen-bond acceptors (Lipinski definition) is 5. The first kappa shape index (κ1) is 27.2. The fourth-order valence-corrected chi connectivity index (χ4v) is 3.31. The SMILES string of the molecule is CCCCCCOC(=O)CC(NCCCc1ccc(C)cc1)C(=O)OCCCCCC. The normalized spacial score (nSPS) is 11.8. The van der Waals surface area contributed by atoms with Gasteiger partial charge in [-0.25, -0.2) is 0 Å². The minimum Gasteiger partial charge on any atom is -0.466 e. The highest BCUT2D eigenvalue weighted by atomic mass is 16.5. The molecule has 0 aliphatic carbocycles. The minimum atomic E-state index is -0.646. The molecule has 0 radical (unpaired) electrons. The molecule has 0 fully saturated rings. The van der Waals surface area contributed by atoms with Gasteiger partial charge < -0.3 is 14.8 Å². The van der Waals surface area contributed by atoms with Crippen molar-refractivity contribution >= 4 is 11.9 Å². The van der Waals surface area contributed by atoms with Crippen molar-refractivity contribution in [2.75, 3.05) is 19.8 Å². The standard InChI is InChI=1S/C26H43NO4/c1-4-6-8-10-19-30-25(28)21-24(26(29)31-20-11-9-7-5-2)27-18-12-13-23-16-14-22(3)15-17-23/h14-17,24,27H,4-13,18-21H2,1-3H3. The third-order valence-corrected chi connectivity index (χ3v) is 5.31. The van der Waals surface area contributed by atoms with E-state index < -0.39 is 6.04 Å². The minimum absolute atomic E-state index is 0.0199. The van der Waals surface area contributed by atoms with Crippen LogP contribution in [0.5, 0.6) is 0 Å². The Morgan fingerprint density at radius 2 is 1.45 bits per heavy atom. The van der Waals surface area contributed by atoms with E-state index in [9.17, 15) is 9.59 Å². The Kier molecular flexibility index (Phi) is 15.6. The maximum absolute atomic E-state index is 12.5. The fraction of sp³-hybridized carbons (Fsp3) is 0.692. The first-order valence-electron chi connectivity index (χ1n) is 12.2. The molecule has 0 aromatic heterocycles. The summed E-state index contributed by atoms with van der Waals surface area (Å²) in [4.78, 5) is 24.8. The molecule has 1 unspecified atom stereocenters. The predicted octanol–water partition coefficient (Wildman–Crippen LogP) is 5.52. The molecule has 1 aromatic rings. The van der Waals surface area contributed by atoms with Crippen LogP contribution in [0, 0.1) is 6.92 Å². The van der Waals surface area contributed by atoms with Crippen molar-refractivity contribution in [3.63, 3.8) is 0 Å². The van der Waals surface area contributed by atoms with Crippen molar-refractivity contribution in [2.24, 2.45) is 0 Å². The van der Waals surface area contributed by atoms with E-state index >= 15 is 0 Å². The zero-order chi connectivity index (χ0) is 22.7. The highest BCUT2D eigenvalue weighted by molar-refractivity contribution is 5.82. The molecular weight excluding hydrogens is 390 g/mol. The third-order valence-electron chi connectivity index (χ3n) is 5.31. The average molecular weight is 434 g/mol. The molecule has 0 bridgehead atoms. The third kappa shape index (κ3) is 13.9. The first-order valence-corrected chi connectivity index (χ1v) is 12.2. The number of carbonyl (C=O) groups is 2. The van der Waals surface area contributed by atoms with Gasteiger partial charge in [-0.2, -0.15) is 0 Å². The molecule has 5 nitrogen and oxygen atoms in total. The van der Waals surface area contributed by atoms with Crippen LogP contribution in [0.15, 0.2) is 24.3 Å². The monoisotopic (exact) mass is 433 g/mol. The summed E-state index contributed by atoms with van der Waals surface area (Å²) in [6.45, 7) is 7.85. The predicted molar refractivity (Wildman–Crippen MR) is 126 cm³/mol. The van der Waals surface area contributed by atoms with Gasteiger partial charge in [0.05, 0.1) is 19.6 Å². The van der Waals surface area contributed by atoms with Crippen molar-refractivity contribution < 1.29 is 19.1 Å². The maximum atomic E-state index is 12.5. The topological polar surface area (TPSA) is 64.6 Å². The second-order valence-corrected chi connectivity index (χ2v) is 8.31. The lowest BCUT2D eigenvalue weighted by atomic mass is 10.1. The summed E-state index contributed by atoms with van der Waals surface area (Å²) in [5.74, 6) is -0.690. The van der Waals surface area contributed by atoms with Gasteiger partial charge in [0.2, 0.25) is 0 Å². The molecule has 176 valence electrons. The van der Waals surface area contributed by atoms with E-state index in [0.717, 1.165) is 64.2 Å². The largest absolute Gasteiger partial charge is 0.466 e. The smallest absolute Gasteiger partial charge is 0.323 e. The summed E-state index contributed by atoms with van der Waals surface area (Å²) in [6.07, 6.45) is 10.3. The quantitative estimate of drug-likeness (QED) is 0.244. The number of hydrogen-bond donors (Lipinski definition) is 1. The van der Waals surface area contributed by atoms with Crippen LogP contribution in [0.3, 0.4) is 0 Å². The summed E-state index contributed by atoms with van der Waals surface area (Å²) in [5.41, 5.74) is 2.52. The lowest BCUT2D eigenvalue weighted by Crippen LogP contribution is -2.41. The summed E-state index contributed by atoms with van der Waals surface area (Å²) in [7, 11) is 0. The van der Waals surface area contributed by atoms with E-state index in [-0.39, 0.29) is 18.4 Å². The molecule has 1 atom stereocenters. The number of unbranched alkanes of at least 4 members (excludes halogenated alkanes) is 6. The van der Waals surface area contributed by atoms with Gasteiger partial charge in [-0.1, -0.05) is 82.2 Å². The molecule has 0 saturated carbocycles. The van der Waals surface area contributed by atoms with E-state index in [0.29, 0.717) is 19.8 Å².